The van der Waals surface area contributed by atoms with E-state index in [9.17, 15) is 14.9 Å². The maximum absolute atomic E-state index is 12.1. The minimum atomic E-state index is -0.807. The van der Waals surface area contributed by atoms with Crippen LogP contribution in [0.5, 0.6) is 11.5 Å². The van der Waals surface area contributed by atoms with Crippen molar-refractivity contribution in [2.45, 2.75) is 43.9 Å². The Morgan fingerprint density at radius 3 is 2.88 bits per heavy atom. The van der Waals surface area contributed by atoms with Crippen LogP contribution in [0.15, 0.2) is 24.3 Å². The zero-order valence-corrected chi connectivity index (χ0v) is 14.8. The number of hydrogen-bond acceptors (Lipinski definition) is 6. The lowest BCUT2D eigenvalue weighted by atomic mass is 9.55. The zero-order valence-electron chi connectivity index (χ0n) is 14.8. The highest BCUT2D eigenvalue weighted by molar-refractivity contribution is 5.92. The van der Waals surface area contributed by atoms with Crippen LogP contribution in [0.1, 0.15) is 30.9 Å². The van der Waals surface area contributed by atoms with Gasteiger partial charge in [0.05, 0.1) is 7.11 Å². The second-order valence-corrected chi connectivity index (χ2v) is 7.05. The molecule has 1 unspecified atom stereocenters. The molecule has 4 atom stereocenters. The van der Waals surface area contributed by atoms with Gasteiger partial charge in [-0.1, -0.05) is 12.1 Å². The second kappa shape index (κ2) is 6.09. The molecule has 7 heteroatoms. The summed E-state index contributed by atoms with van der Waals surface area (Å²) in [4.78, 5) is 23.7. The number of carbonyl (C=O) groups excluding carboxylic acids is 1. The van der Waals surface area contributed by atoms with Crippen LogP contribution in [0.3, 0.4) is 0 Å². The van der Waals surface area contributed by atoms with Gasteiger partial charge in [-0.3, -0.25) is 14.9 Å². The summed E-state index contributed by atoms with van der Waals surface area (Å²) in [7, 11) is 1.57. The molecule has 1 spiro atoms. The Bertz CT molecular complexity index is 803. The lowest BCUT2D eigenvalue weighted by Gasteiger charge is -2.50. The van der Waals surface area contributed by atoms with E-state index in [1.807, 2.05) is 19.1 Å². The average Bonchev–Trinajstić information content (AvgIpc) is 2.62. The lowest BCUT2D eigenvalue weighted by Crippen LogP contribution is -2.55. The highest BCUT2D eigenvalue weighted by Gasteiger charge is 2.58. The molecule has 7 nitrogen and oxygen atoms in total. The second-order valence-electron chi connectivity index (χ2n) is 7.05. The first kappa shape index (κ1) is 17.0. The van der Waals surface area contributed by atoms with Gasteiger partial charge < -0.3 is 14.2 Å². The van der Waals surface area contributed by atoms with Crippen molar-refractivity contribution < 1.29 is 23.9 Å². The number of ketones is 1. The summed E-state index contributed by atoms with van der Waals surface area (Å²) >= 11 is 0. The highest BCUT2D eigenvalue weighted by Crippen LogP contribution is 2.57. The Kier molecular flexibility index (Phi) is 3.99. The van der Waals surface area contributed by atoms with Crippen LogP contribution in [-0.4, -0.2) is 36.8 Å². The van der Waals surface area contributed by atoms with E-state index in [1.165, 1.54) is 0 Å². The van der Waals surface area contributed by atoms with Crippen LogP contribution in [0.2, 0.25) is 0 Å². The van der Waals surface area contributed by atoms with Gasteiger partial charge in [0.25, 0.3) is 0 Å². The van der Waals surface area contributed by atoms with Crippen molar-refractivity contribution in [3.63, 3.8) is 0 Å². The summed E-state index contributed by atoms with van der Waals surface area (Å²) in [5.41, 5.74) is 1.15. The van der Waals surface area contributed by atoms with Crippen molar-refractivity contribution in [1.29, 1.82) is 0 Å². The molecule has 1 aliphatic heterocycles. The third-order valence-corrected chi connectivity index (χ3v) is 5.81. The summed E-state index contributed by atoms with van der Waals surface area (Å²) in [5, 5.41) is 11.8. The SMILES string of the molecule is CCOC1C[C@]23C=CC(=O)C[C@H]2[C@H]([N+](=O)[O-])Cc2ccc(OC)c(c23)O1. The summed E-state index contributed by atoms with van der Waals surface area (Å²) in [6, 6.07) is 2.85. The summed E-state index contributed by atoms with van der Waals surface area (Å²) in [6.07, 6.45) is 3.76. The molecule has 138 valence electrons. The topological polar surface area (TPSA) is 87.9 Å². The molecule has 0 fully saturated rings. The number of nitro groups is 1. The van der Waals surface area contributed by atoms with Crippen LogP contribution in [-0.2, 0) is 21.4 Å². The van der Waals surface area contributed by atoms with Crippen molar-refractivity contribution in [3.05, 3.63) is 45.5 Å². The molecule has 0 amide bonds. The molecule has 2 aliphatic carbocycles. The maximum atomic E-state index is 12.1. The first-order chi connectivity index (χ1) is 12.5. The Labute approximate surface area is 151 Å². The van der Waals surface area contributed by atoms with Gasteiger partial charge in [-0.2, -0.15) is 0 Å². The van der Waals surface area contributed by atoms with Crippen molar-refractivity contribution in [2.75, 3.05) is 13.7 Å². The molecule has 0 saturated heterocycles. The molecule has 0 bridgehead atoms. The first-order valence-corrected chi connectivity index (χ1v) is 8.84. The third kappa shape index (κ3) is 2.34. The monoisotopic (exact) mass is 359 g/mol. The summed E-state index contributed by atoms with van der Waals surface area (Å²) in [5.74, 6) is 0.677. The van der Waals surface area contributed by atoms with Crippen molar-refractivity contribution >= 4 is 5.78 Å². The van der Waals surface area contributed by atoms with E-state index in [2.05, 4.69) is 0 Å². The van der Waals surface area contributed by atoms with E-state index in [1.54, 1.807) is 19.3 Å². The van der Waals surface area contributed by atoms with Gasteiger partial charge in [0.15, 0.2) is 17.3 Å². The molecule has 4 rings (SSSR count). The van der Waals surface area contributed by atoms with E-state index >= 15 is 0 Å². The average molecular weight is 359 g/mol. The lowest BCUT2D eigenvalue weighted by molar-refractivity contribution is -0.535. The smallest absolute Gasteiger partial charge is 0.221 e. The molecular formula is C19H21NO6. The highest BCUT2D eigenvalue weighted by atomic mass is 16.7. The molecule has 1 heterocycles. The molecule has 0 saturated carbocycles. The number of methoxy groups -OCH3 is 1. The number of nitrogens with zero attached hydrogens (tertiary/aromatic N) is 1. The predicted octanol–water partition coefficient (Wildman–Crippen LogP) is 2.42. The van der Waals surface area contributed by atoms with Crippen LogP contribution < -0.4 is 9.47 Å². The zero-order chi connectivity index (χ0) is 18.5. The fourth-order valence-corrected chi connectivity index (χ4v) is 4.78. The number of hydrogen-bond donors (Lipinski definition) is 0. The standard InChI is InChI=1S/C19H21NO6/c1-3-25-16-10-19-7-6-12(21)9-13(19)14(20(22)23)8-11-4-5-15(24-2)18(26-16)17(11)19/h4-7,13-14,16H,3,8-10H2,1-2H3/t13-,14+,16?,19+/m0/s1. The fourth-order valence-electron chi connectivity index (χ4n) is 4.78. The van der Waals surface area contributed by atoms with E-state index in [4.69, 9.17) is 14.2 Å². The fraction of sp³-hybridized carbons (Fsp3) is 0.526. The van der Waals surface area contributed by atoms with Gasteiger partial charge in [0.2, 0.25) is 12.3 Å². The molecule has 1 aromatic carbocycles. The number of allylic oxidation sites excluding steroid dienone is 2. The molecular weight excluding hydrogens is 338 g/mol. The Morgan fingerprint density at radius 1 is 1.38 bits per heavy atom. The molecule has 0 radical (unpaired) electrons. The van der Waals surface area contributed by atoms with E-state index in [0.717, 1.165) is 11.1 Å². The summed E-state index contributed by atoms with van der Waals surface area (Å²) in [6.45, 7) is 2.34. The normalized spacial score (nSPS) is 31.6. The molecule has 26 heavy (non-hydrogen) atoms. The van der Waals surface area contributed by atoms with Crippen LogP contribution in [0.4, 0.5) is 0 Å². The molecule has 0 N–H and O–H groups in total. The van der Waals surface area contributed by atoms with Crippen LogP contribution >= 0.6 is 0 Å². The van der Waals surface area contributed by atoms with Gasteiger partial charge in [0, 0.05) is 47.7 Å². The number of benzene rings is 1. The minimum absolute atomic E-state index is 0.0696. The van der Waals surface area contributed by atoms with Gasteiger partial charge in [-0.15, -0.1) is 0 Å². The maximum Gasteiger partial charge on any atom is 0.221 e. The molecule has 0 aromatic heterocycles. The Morgan fingerprint density at radius 2 is 2.19 bits per heavy atom. The first-order valence-electron chi connectivity index (χ1n) is 8.84. The Balaban J connectivity index is 1.98. The van der Waals surface area contributed by atoms with Crippen LogP contribution in [0.25, 0.3) is 0 Å². The van der Waals surface area contributed by atoms with Crippen molar-refractivity contribution in [3.8, 4) is 11.5 Å². The van der Waals surface area contributed by atoms with Crippen molar-refractivity contribution in [2.24, 2.45) is 5.92 Å². The van der Waals surface area contributed by atoms with Gasteiger partial charge in [-0.25, -0.2) is 0 Å². The van der Waals surface area contributed by atoms with Crippen molar-refractivity contribution in [1.82, 2.24) is 0 Å². The predicted molar refractivity (Wildman–Crippen MR) is 92.1 cm³/mol. The van der Waals surface area contributed by atoms with Gasteiger partial charge in [0.1, 0.15) is 0 Å². The minimum Gasteiger partial charge on any atom is -0.493 e. The van der Waals surface area contributed by atoms with Gasteiger partial charge >= 0.3 is 0 Å². The van der Waals surface area contributed by atoms with E-state index < -0.39 is 23.7 Å². The molecule has 1 aromatic rings. The Hall–Kier alpha value is -2.41. The van der Waals surface area contributed by atoms with Crippen LogP contribution in [0, 0.1) is 16.0 Å². The van der Waals surface area contributed by atoms with Gasteiger partial charge in [-0.05, 0) is 24.6 Å². The van der Waals surface area contributed by atoms with E-state index in [-0.39, 0.29) is 23.5 Å². The molecule has 3 aliphatic rings. The third-order valence-electron chi connectivity index (χ3n) is 5.81. The van der Waals surface area contributed by atoms with E-state index in [0.29, 0.717) is 24.5 Å². The quantitative estimate of drug-likeness (QED) is 0.606. The number of carbonyl (C=O) groups is 1. The summed E-state index contributed by atoms with van der Waals surface area (Å²) < 4.78 is 17.3. The number of rotatable bonds is 4. The largest absolute Gasteiger partial charge is 0.493 e. The number of ether oxygens (including phenoxy) is 3.